The Morgan fingerprint density at radius 3 is 2.65 bits per heavy atom. The number of benzene rings is 2. The summed E-state index contributed by atoms with van der Waals surface area (Å²) >= 11 is 0. The number of H-pyrrole nitrogens is 1. The summed E-state index contributed by atoms with van der Waals surface area (Å²) in [6.07, 6.45) is 3.78. The van der Waals surface area contributed by atoms with Crippen LogP contribution in [0, 0.1) is 0 Å². The maximum atomic E-state index is 13.6. The molecular formula is C24H27N3O3S. The average molecular weight is 438 g/mol. The van der Waals surface area contributed by atoms with Gasteiger partial charge in [0.25, 0.3) is 0 Å². The van der Waals surface area contributed by atoms with E-state index < -0.39 is 11.0 Å². The van der Waals surface area contributed by atoms with Crippen molar-refractivity contribution in [3.05, 3.63) is 58.8 Å². The maximum Gasteiger partial charge on any atom is 0.195 e. The van der Waals surface area contributed by atoms with Gasteiger partial charge in [-0.2, -0.15) is 0 Å². The largest absolute Gasteiger partial charge is 0.490 e. The predicted octanol–water partition coefficient (Wildman–Crippen LogP) is 3.87. The van der Waals surface area contributed by atoms with Crippen LogP contribution in [0.2, 0.25) is 0 Å². The zero-order chi connectivity index (χ0) is 21.8. The minimum absolute atomic E-state index is 0.0127. The topological polar surface area (TPSA) is 83.2 Å². The first kappa shape index (κ1) is 20.3. The zero-order valence-corrected chi connectivity index (χ0v) is 18.8. The van der Waals surface area contributed by atoms with E-state index in [2.05, 4.69) is 28.9 Å². The molecule has 7 heteroatoms. The number of fused-ring (bicyclic) bond motifs is 4. The highest BCUT2D eigenvalue weighted by atomic mass is 32.2. The smallest absolute Gasteiger partial charge is 0.195 e. The third-order valence-electron chi connectivity index (χ3n) is 6.41. The van der Waals surface area contributed by atoms with Crippen LogP contribution in [0.25, 0.3) is 10.9 Å². The minimum atomic E-state index is -1.18. The van der Waals surface area contributed by atoms with Crippen molar-refractivity contribution >= 4 is 33.4 Å². The van der Waals surface area contributed by atoms with E-state index in [4.69, 9.17) is 4.74 Å². The van der Waals surface area contributed by atoms with Crippen molar-refractivity contribution in [2.24, 2.45) is 0 Å². The molecule has 2 aromatic carbocycles. The van der Waals surface area contributed by atoms with Crippen LogP contribution in [0.15, 0.2) is 36.4 Å². The summed E-state index contributed by atoms with van der Waals surface area (Å²) in [5.41, 5.74) is 4.56. The van der Waals surface area contributed by atoms with Crippen LogP contribution in [0.1, 0.15) is 53.9 Å². The highest BCUT2D eigenvalue weighted by Crippen LogP contribution is 2.45. The van der Waals surface area contributed by atoms with Crippen molar-refractivity contribution in [2.45, 2.75) is 38.2 Å². The summed E-state index contributed by atoms with van der Waals surface area (Å²) in [5, 5.41) is 4.21. The minimum Gasteiger partial charge on any atom is -0.490 e. The van der Waals surface area contributed by atoms with Crippen molar-refractivity contribution in [3.63, 3.8) is 0 Å². The van der Waals surface area contributed by atoms with E-state index in [1.54, 1.807) is 6.26 Å². The number of hydrogen-bond acceptors (Lipinski definition) is 4. The lowest BCUT2D eigenvalue weighted by Crippen LogP contribution is -2.34. The Labute approximate surface area is 184 Å². The number of carbonyl (C=O) groups is 1. The molecule has 0 saturated carbocycles. The van der Waals surface area contributed by atoms with Crippen LogP contribution in [-0.2, 0) is 16.4 Å². The van der Waals surface area contributed by atoms with E-state index in [0.717, 1.165) is 59.5 Å². The molecule has 1 atom stereocenters. The molecule has 1 aromatic heterocycles. The van der Waals surface area contributed by atoms with Gasteiger partial charge in [-0.1, -0.05) is 13.8 Å². The first-order chi connectivity index (χ1) is 14.8. The summed E-state index contributed by atoms with van der Waals surface area (Å²) in [6, 6.07) is 11.6. The number of hydrogen-bond donors (Lipinski definition) is 3. The normalized spacial score (nSPS) is 19.0. The number of ether oxygens (including phenoxy) is 1. The number of carbonyl (C=O) groups excluding carboxylic acids is 1. The molecule has 2 aliphatic rings. The highest BCUT2D eigenvalue weighted by Gasteiger charge is 2.40. The van der Waals surface area contributed by atoms with E-state index >= 15 is 0 Å². The van der Waals surface area contributed by atoms with Crippen LogP contribution in [0.4, 0.5) is 5.69 Å². The second-order valence-electron chi connectivity index (χ2n) is 8.92. The molecule has 1 saturated heterocycles. The second kappa shape index (κ2) is 7.50. The van der Waals surface area contributed by atoms with Gasteiger partial charge in [0, 0.05) is 39.5 Å². The molecule has 1 fully saturated rings. The average Bonchev–Trinajstić information content (AvgIpc) is 3.13. The fourth-order valence-electron chi connectivity index (χ4n) is 4.81. The van der Waals surface area contributed by atoms with E-state index in [0.29, 0.717) is 11.1 Å². The van der Waals surface area contributed by atoms with Gasteiger partial charge in [0.15, 0.2) is 5.78 Å². The van der Waals surface area contributed by atoms with Crippen LogP contribution in [-0.4, -0.2) is 40.4 Å². The Morgan fingerprint density at radius 2 is 1.90 bits per heavy atom. The summed E-state index contributed by atoms with van der Waals surface area (Å²) < 4.78 is 20.8. The van der Waals surface area contributed by atoms with E-state index in [1.807, 2.05) is 36.4 Å². The molecular weight excluding hydrogens is 410 g/mol. The van der Waals surface area contributed by atoms with Crippen molar-refractivity contribution < 1.29 is 13.7 Å². The van der Waals surface area contributed by atoms with Gasteiger partial charge in [0.05, 0.1) is 5.56 Å². The van der Waals surface area contributed by atoms with Crippen molar-refractivity contribution in [1.82, 2.24) is 10.3 Å². The summed E-state index contributed by atoms with van der Waals surface area (Å²) in [5.74, 6) is 0.835. The fourth-order valence-corrected chi connectivity index (χ4v) is 5.27. The van der Waals surface area contributed by atoms with Gasteiger partial charge in [0.1, 0.15) is 22.8 Å². The Kier molecular flexibility index (Phi) is 4.90. The Balaban J connectivity index is 1.58. The van der Waals surface area contributed by atoms with Crippen LogP contribution in [0.3, 0.4) is 0 Å². The molecule has 5 rings (SSSR count). The lowest BCUT2D eigenvalue weighted by atomic mass is 9.71. The summed E-state index contributed by atoms with van der Waals surface area (Å²) in [6.45, 7) is 6.23. The number of piperidine rings is 1. The molecule has 3 N–H and O–H groups in total. The molecule has 0 amide bonds. The van der Waals surface area contributed by atoms with Gasteiger partial charge in [-0.3, -0.25) is 4.79 Å². The highest BCUT2D eigenvalue weighted by molar-refractivity contribution is 7.85. The number of ketones is 1. The number of nitrogens with one attached hydrogen (secondary N) is 3. The summed E-state index contributed by atoms with van der Waals surface area (Å²) in [7, 11) is -1.18. The van der Waals surface area contributed by atoms with Gasteiger partial charge in [-0.05, 0) is 67.9 Å². The molecule has 2 heterocycles. The first-order valence-corrected chi connectivity index (χ1v) is 12.2. The maximum absolute atomic E-state index is 13.6. The molecule has 0 radical (unpaired) electrons. The molecule has 31 heavy (non-hydrogen) atoms. The molecule has 1 aliphatic carbocycles. The first-order valence-electron chi connectivity index (χ1n) is 10.7. The second-order valence-corrected chi connectivity index (χ2v) is 10.0. The fraction of sp³-hybridized carbons (Fsp3) is 0.375. The predicted molar refractivity (Wildman–Crippen MR) is 125 cm³/mol. The molecule has 1 unspecified atom stereocenters. The Hall–Kier alpha value is -2.64. The Bertz CT molecular complexity index is 1210. The number of rotatable bonds is 4. The van der Waals surface area contributed by atoms with E-state index in [9.17, 15) is 9.00 Å². The molecule has 0 spiro atoms. The Morgan fingerprint density at radius 1 is 1.13 bits per heavy atom. The molecule has 0 bridgehead atoms. The monoisotopic (exact) mass is 437 g/mol. The lowest BCUT2D eigenvalue weighted by molar-refractivity contribution is 0.103. The number of aromatic nitrogens is 1. The van der Waals surface area contributed by atoms with Crippen LogP contribution in [0.5, 0.6) is 5.75 Å². The molecule has 162 valence electrons. The number of aromatic amines is 1. The van der Waals surface area contributed by atoms with E-state index in [-0.39, 0.29) is 17.3 Å². The third kappa shape index (κ3) is 3.46. The SMILES string of the molecule is CS(=O)Nc1ccc2[nH]c3c(c2c1)C(=O)c1ccc(OC2CCNCC2)cc1C3(C)C. The lowest BCUT2D eigenvalue weighted by Gasteiger charge is -2.33. The third-order valence-corrected chi connectivity index (χ3v) is 6.93. The van der Waals surface area contributed by atoms with Gasteiger partial charge >= 0.3 is 0 Å². The quantitative estimate of drug-likeness (QED) is 0.579. The molecule has 1 aliphatic heterocycles. The van der Waals surface area contributed by atoms with Gasteiger partial charge in [-0.25, -0.2) is 4.21 Å². The van der Waals surface area contributed by atoms with Gasteiger partial charge < -0.3 is 19.8 Å². The number of anilines is 1. The van der Waals surface area contributed by atoms with Crippen LogP contribution >= 0.6 is 0 Å². The van der Waals surface area contributed by atoms with E-state index in [1.165, 1.54) is 0 Å². The van der Waals surface area contributed by atoms with Crippen molar-refractivity contribution in [1.29, 1.82) is 0 Å². The van der Waals surface area contributed by atoms with Crippen molar-refractivity contribution in [3.8, 4) is 5.75 Å². The van der Waals surface area contributed by atoms with Crippen LogP contribution < -0.4 is 14.8 Å². The summed E-state index contributed by atoms with van der Waals surface area (Å²) in [4.78, 5) is 17.0. The standard InChI is InChI=1S/C24H27N3O3S/c1-24(2)19-13-16(30-15-8-10-25-11-9-15)5-6-17(19)22(28)21-18-12-14(27-31(3)29)4-7-20(18)26-23(21)24/h4-7,12-13,15,25-27H,8-11H2,1-3H3. The van der Waals surface area contributed by atoms with Crippen molar-refractivity contribution in [2.75, 3.05) is 24.1 Å². The van der Waals surface area contributed by atoms with Gasteiger partial charge in [-0.15, -0.1) is 0 Å². The molecule has 6 nitrogen and oxygen atoms in total. The zero-order valence-electron chi connectivity index (χ0n) is 18.0. The van der Waals surface area contributed by atoms with Gasteiger partial charge in [0.2, 0.25) is 0 Å². The molecule has 3 aromatic rings.